The Balaban J connectivity index is 1.66. The van der Waals surface area contributed by atoms with E-state index >= 15 is 0 Å². The fourth-order valence-electron chi connectivity index (χ4n) is 3.21. The van der Waals surface area contributed by atoms with E-state index in [-0.39, 0.29) is 12.1 Å². The van der Waals surface area contributed by atoms with E-state index in [0.717, 1.165) is 31.9 Å². The zero-order chi connectivity index (χ0) is 11.7. The molecule has 0 aromatic rings. The molecule has 0 saturated carbocycles. The van der Waals surface area contributed by atoms with Gasteiger partial charge in [0.2, 0.25) is 0 Å². The van der Waals surface area contributed by atoms with Crippen molar-refractivity contribution in [2.45, 2.75) is 37.5 Å². The predicted octanol–water partition coefficient (Wildman–Crippen LogP) is 0.742. The maximum atomic E-state index is 6.03. The van der Waals surface area contributed by atoms with Gasteiger partial charge in [0, 0.05) is 19.0 Å². The van der Waals surface area contributed by atoms with E-state index in [0.29, 0.717) is 6.04 Å². The molecule has 0 amide bonds. The highest BCUT2D eigenvalue weighted by atomic mass is 16.5. The van der Waals surface area contributed by atoms with Gasteiger partial charge in [0.05, 0.1) is 25.4 Å². The van der Waals surface area contributed by atoms with Crippen LogP contribution in [-0.2, 0) is 9.47 Å². The predicted molar refractivity (Wildman–Crippen MR) is 65.8 cm³/mol. The van der Waals surface area contributed by atoms with Crippen molar-refractivity contribution in [2.24, 2.45) is 0 Å². The molecule has 4 nitrogen and oxygen atoms in total. The topological polar surface area (TPSA) is 33.7 Å². The highest BCUT2D eigenvalue weighted by Gasteiger charge is 2.37. The number of morpholine rings is 1. The molecule has 3 rings (SSSR count). The Morgan fingerprint density at radius 1 is 1.53 bits per heavy atom. The normalized spacial score (nSPS) is 35.2. The van der Waals surface area contributed by atoms with Crippen LogP contribution in [-0.4, -0.2) is 56.4 Å². The molecule has 0 aromatic heterocycles. The summed E-state index contributed by atoms with van der Waals surface area (Å²) in [5.41, 5.74) is 0. The largest absolute Gasteiger partial charge is 0.496 e. The van der Waals surface area contributed by atoms with Gasteiger partial charge in [-0.05, 0) is 32.5 Å². The smallest absolute Gasteiger partial charge is 0.112 e. The Bertz CT molecular complexity index is 306. The third-order valence-corrected chi connectivity index (χ3v) is 4.14. The Morgan fingerprint density at radius 2 is 2.47 bits per heavy atom. The summed E-state index contributed by atoms with van der Waals surface area (Å²) in [6.07, 6.45) is 6.09. The first-order valence-electron chi connectivity index (χ1n) is 6.74. The average Bonchev–Trinajstić information content (AvgIpc) is 2.99. The van der Waals surface area contributed by atoms with E-state index in [1.165, 1.54) is 19.4 Å². The van der Waals surface area contributed by atoms with Gasteiger partial charge >= 0.3 is 0 Å². The summed E-state index contributed by atoms with van der Waals surface area (Å²) in [6.45, 7) is 3.99. The molecule has 1 N–H and O–H groups in total. The maximum Gasteiger partial charge on any atom is 0.112 e. The molecule has 3 aliphatic rings. The van der Waals surface area contributed by atoms with Crippen molar-refractivity contribution in [1.29, 1.82) is 0 Å². The molecule has 96 valence electrons. The minimum absolute atomic E-state index is 0.221. The van der Waals surface area contributed by atoms with Gasteiger partial charge < -0.3 is 14.8 Å². The minimum Gasteiger partial charge on any atom is -0.496 e. The molecule has 3 heterocycles. The van der Waals surface area contributed by atoms with E-state index in [1.54, 1.807) is 0 Å². The summed E-state index contributed by atoms with van der Waals surface area (Å²) in [6, 6.07) is 0.890. The van der Waals surface area contributed by atoms with Crippen LogP contribution in [0.5, 0.6) is 0 Å². The molecule has 0 radical (unpaired) electrons. The molecule has 3 unspecified atom stereocenters. The van der Waals surface area contributed by atoms with E-state index in [9.17, 15) is 0 Å². The second-order valence-electron chi connectivity index (χ2n) is 5.17. The zero-order valence-corrected chi connectivity index (χ0v) is 10.5. The Labute approximate surface area is 103 Å². The van der Waals surface area contributed by atoms with Crippen molar-refractivity contribution >= 4 is 0 Å². The fraction of sp³-hybridized carbons (Fsp3) is 0.846. The first-order valence-corrected chi connectivity index (χ1v) is 6.74. The van der Waals surface area contributed by atoms with Crippen LogP contribution in [0.4, 0.5) is 0 Å². The van der Waals surface area contributed by atoms with Crippen LogP contribution in [0, 0.1) is 0 Å². The highest BCUT2D eigenvalue weighted by molar-refractivity contribution is 5.11. The van der Waals surface area contributed by atoms with Crippen LogP contribution in [0.15, 0.2) is 11.8 Å². The number of hydrogen-bond acceptors (Lipinski definition) is 4. The second-order valence-corrected chi connectivity index (χ2v) is 5.17. The van der Waals surface area contributed by atoms with Gasteiger partial charge in [0.15, 0.2) is 0 Å². The third kappa shape index (κ3) is 2.21. The van der Waals surface area contributed by atoms with Gasteiger partial charge in [-0.3, -0.25) is 4.90 Å². The Morgan fingerprint density at radius 3 is 3.24 bits per heavy atom. The molecular weight excluding hydrogens is 216 g/mol. The van der Waals surface area contributed by atoms with Crippen LogP contribution in [0.2, 0.25) is 0 Å². The summed E-state index contributed by atoms with van der Waals surface area (Å²) >= 11 is 0. The first-order chi connectivity index (χ1) is 8.38. The van der Waals surface area contributed by atoms with Gasteiger partial charge in [-0.2, -0.15) is 0 Å². The fourth-order valence-corrected chi connectivity index (χ4v) is 3.21. The molecule has 0 aliphatic carbocycles. The lowest BCUT2D eigenvalue weighted by molar-refractivity contribution is -0.0642. The van der Waals surface area contributed by atoms with Crippen LogP contribution < -0.4 is 5.32 Å². The number of likely N-dealkylation sites (N-methyl/N-ethyl adjacent to an activating group) is 1. The van der Waals surface area contributed by atoms with Crippen molar-refractivity contribution < 1.29 is 9.47 Å². The Kier molecular flexibility index (Phi) is 3.36. The number of fused-ring (bicyclic) bond motifs is 1. The molecule has 4 heteroatoms. The van der Waals surface area contributed by atoms with Crippen LogP contribution >= 0.6 is 0 Å². The van der Waals surface area contributed by atoms with Crippen molar-refractivity contribution in [3.8, 4) is 0 Å². The monoisotopic (exact) mass is 238 g/mol. The lowest BCUT2D eigenvalue weighted by Crippen LogP contribution is -2.54. The Hall–Kier alpha value is -0.580. The quantitative estimate of drug-likeness (QED) is 0.786. The molecule has 17 heavy (non-hydrogen) atoms. The van der Waals surface area contributed by atoms with Crippen LogP contribution in [0.3, 0.4) is 0 Å². The van der Waals surface area contributed by atoms with Gasteiger partial charge in [0.25, 0.3) is 0 Å². The lowest BCUT2D eigenvalue weighted by atomic mass is 10.1. The van der Waals surface area contributed by atoms with Crippen molar-refractivity contribution in [3.63, 3.8) is 0 Å². The van der Waals surface area contributed by atoms with E-state index in [4.69, 9.17) is 9.47 Å². The second kappa shape index (κ2) is 4.96. The zero-order valence-electron chi connectivity index (χ0n) is 10.5. The standard InChI is InChI=1S/C13H22N2O2/c1-14-13(11-5-3-7-16-11)12-8-15-6-2-4-10(15)9-17-12/h5,10,12-14H,2-4,6-9H2,1H3. The number of ether oxygens (including phenoxy) is 2. The molecule has 0 spiro atoms. The van der Waals surface area contributed by atoms with Gasteiger partial charge in [0.1, 0.15) is 5.76 Å². The van der Waals surface area contributed by atoms with Crippen molar-refractivity contribution in [2.75, 3.05) is 33.4 Å². The van der Waals surface area contributed by atoms with Gasteiger partial charge in [-0.1, -0.05) is 0 Å². The minimum atomic E-state index is 0.221. The molecule has 0 aromatic carbocycles. The van der Waals surface area contributed by atoms with Gasteiger partial charge in [-0.15, -0.1) is 0 Å². The number of nitrogens with one attached hydrogen (secondary N) is 1. The first kappa shape index (κ1) is 11.5. The summed E-state index contributed by atoms with van der Waals surface area (Å²) in [4.78, 5) is 2.58. The van der Waals surface area contributed by atoms with Crippen LogP contribution in [0.25, 0.3) is 0 Å². The highest BCUT2D eigenvalue weighted by Crippen LogP contribution is 2.26. The average molecular weight is 238 g/mol. The SMILES string of the molecule is CNC(C1=CCCO1)C1CN2CCCC2CO1. The number of hydrogen-bond donors (Lipinski definition) is 1. The van der Waals surface area contributed by atoms with E-state index < -0.39 is 0 Å². The van der Waals surface area contributed by atoms with Crippen LogP contribution in [0.1, 0.15) is 19.3 Å². The molecule has 2 fully saturated rings. The van der Waals surface area contributed by atoms with Crippen molar-refractivity contribution in [3.05, 3.63) is 11.8 Å². The lowest BCUT2D eigenvalue weighted by Gasteiger charge is -2.38. The maximum absolute atomic E-state index is 6.03. The molecule has 2 saturated heterocycles. The molecule has 0 bridgehead atoms. The molecule has 3 atom stereocenters. The summed E-state index contributed by atoms with van der Waals surface area (Å²) in [5, 5.41) is 3.35. The summed E-state index contributed by atoms with van der Waals surface area (Å²) < 4.78 is 11.7. The van der Waals surface area contributed by atoms with Gasteiger partial charge in [-0.25, -0.2) is 0 Å². The van der Waals surface area contributed by atoms with Crippen molar-refractivity contribution in [1.82, 2.24) is 10.2 Å². The number of nitrogens with zero attached hydrogens (tertiary/aromatic N) is 1. The number of rotatable bonds is 3. The van der Waals surface area contributed by atoms with E-state index in [2.05, 4.69) is 16.3 Å². The third-order valence-electron chi connectivity index (χ3n) is 4.14. The summed E-state index contributed by atoms with van der Waals surface area (Å²) in [5.74, 6) is 1.08. The summed E-state index contributed by atoms with van der Waals surface area (Å²) in [7, 11) is 1.99. The van der Waals surface area contributed by atoms with E-state index in [1.807, 2.05) is 7.05 Å². The molecular formula is C13H22N2O2. The molecule has 3 aliphatic heterocycles.